The van der Waals surface area contributed by atoms with Crippen LogP contribution in [-0.4, -0.2) is 31.3 Å². The van der Waals surface area contributed by atoms with E-state index in [1.807, 2.05) is 0 Å². The zero-order valence-electron chi connectivity index (χ0n) is 17.4. The third-order valence-corrected chi connectivity index (χ3v) is 4.45. The molecule has 0 radical (unpaired) electrons. The number of alkyl carbamates (subject to hydrolysis) is 1. The summed E-state index contributed by atoms with van der Waals surface area (Å²) >= 11 is 0. The topological polar surface area (TPSA) is 64.6 Å². The van der Waals surface area contributed by atoms with Gasteiger partial charge in [0.05, 0.1) is 6.61 Å². The van der Waals surface area contributed by atoms with Crippen molar-refractivity contribution in [3.63, 3.8) is 0 Å². The number of amides is 1. The number of nitrogens with one attached hydrogen (secondary N) is 1. The molecule has 5 nitrogen and oxygen atoms in total. The van der Waals surface area contributed by atoms with E-state index in [1.165, 1.54) is 38.5 Å². The average molecular weight is 382 g/mol. The largest absolute Gasteiger partial charge is 0.464 e. The molecule has 0 aliphatic carbocycles. The lowest BCUT2D eigenvalue weighted by Crippen LogP contribution is -2.42. The first-order valence-corrected chi connectivity index (χ1v) is 10.7. The van der Waals surface area contributed by atoms with E-state index in [1.54, 1.807) is 0 Å². The predicted octanol–water partition coefficient (Wildman–Crippen LogP) is 5.37. The number of unbranched alkanes of at least 4 members (excludes halogenated alkanes) is 10. The Morgan fingerprint density at radius 2 is 1.41 bits per heavy atom. The standard InChI is InChI=1S/C22H39NO4/c1-4-7-9-11-12-13-14-16-19-26-21(24)20(17-15-10-8-5-2)23-22(25)27-18-6-3/h3,20H,4-5,7-19H2,1-2H3,(H,23,25). The second-order valence-corrected chi connectivity index (χ2v) is 6.97. The number of hydrogen-bond acceptors (Lipinski definition) is 4. The number of esters is 1. The van der Waals surface area contributed by atoms with E-state index < -0.39 is 12.1 Å². The average Bonchev–Trinajstić information content (AvgIpc) is 2.67. The molecular formula is C22H39NO4. The van der Waals surface area contributed by atoms with E-state index in [4.69, 9.17) is 15.9 Å². The smallest absolute Gasteiger partial charge is 0.408 e. The number of hydrogen-bond donors (Lipinski definition) is 1. The van der Waals surface area contributed by atoms with E-state index in [0.717, 1.165) is 38.5 Å². The highest BCUT2D eigenvalue weighted by Gasteiger charge is 2.22. The van der Waals surface area contributed by atoms with E-state index in [-0.39, 0.29) is 12.6 Å². The van der Waals surface area contributed by atoms with Gasteiger partial charge in [0.1, 0.15) is 6.04 Å². The highest BCUT2D eigenvalue weighted by atomic mass is 16.6. The maximum Gasteiger partial charge on any atom is 0.408 e. The van der Waals surface area contributed by atoms with Crippen LogP contribution in [0.5, 0.6) is 0 Å². The third kappa shape index (κ3) is 16.2. The molecule has 0 saturated heterocycles. The minimum atomic E-state index is -0.669. The first-order chi connectivity index (χ1) is 13.2. The molecule has 0 fully saturated rings. The molecule has 1 atom stereocenters. The summed E-state index contributed by atoms with van der Waals surface area (Å²) in [7, 11) is 0. The van der Waals surface area contributed by atoms with Crippen molar-refractivity contribution in [3.05, 3.63) is 0 Å². The van der Waals surface area contributed by atoms with Crippen molar-refractivity contribution in [2.75, 3.05) is 13.2 Å². The van der Waals surface area contributed by atoms with Crippen LogP contribution in [0.25, 0.3) is 0 Å². The molecule has 0 aromatic heterocycles. The van der Waals surface area contributed by atoms with Crippen molar-refractivity contribution in [1.82, 2.24) is 5.32 Å². The lowest BCUT2D eigenvalue weighted by atomic mass is 10.1. The Morgan fingerprint density at radius 3 is 2.00 bits per heavy atom. The fourth-order valence-corrected chi connectivity index (χ4v) is 2.82. The summed E-state index contributed by atoms with van der Waals surface area (Å²) in [5.41, 5.74) is 0. The molecule has 1 amide bonds. The van der Waals surface area contributed by atoms with Gasteiger partial charge in [-0.05, 0) is 12.8 Å². The van der Waals surface area contributed by atoms with Gasteiger partial charge < -0.3 is 14.8 Å². The van der Waals surface area contributed by atoms with Crippen LogP contribution in [0, 0.1) is 12.3 Å². The number of terminal acetylenes is 1. The quantitative estimate of drug-likeness (QED) is 0.209. The Labute approximate surface area is 166 Å². The Balaban J connectivity index is 4.06. The Bertz CT molecular complexity index is 417. The maximum absolute atomic E-state index is 12.3. The van der Waals surface area contributed by atoms with Crippen LogP contribution in [0.15, 0.2) is 0 Å². The lowest BCUT2D eigenvalue weighted by molar-refractivity contribution is -0.146. The van der Waals surface area contributed by atoms with Crippen molar-refractivity contribution in [2.45, 2.75) is 103 Å². The van der Waals surface area contributed by atoms with Crippen molar-refractivity contribution in [1.29, 1.82) is 0 Å². The zero-order chi connectivity index (χ0) is 20.2. The minimum Gasteiger partial charge on any atom is -0.464 e. The molecular weight excluding hydrogens is 342 g/mol. The van der Waals surface area contributed by atoms with Crippen LogP contribution < -0.4 is 5.32 Å². The number of rotatable bonds is 17. The summed E-state index contributed by atoms with van der Waals surface area (Å²) < 4.78 is 10.2. The number of carbonyl (C=O) groups is 2. The molecule has 0 aliphatic rings. The lowest BCUT2D eigenvalue weighted by Gasteiger charge is -2.17. The molecule has 27 heavy (non-hydrogen) atoms. The molecule has 0 heterocycles. The second kappa shape index (κ2) is 19.1. The molecule has 0 rings (SSSR count). The molecule has 5 heteroatoms. The zero-order valence-corrected chi connectivity index (χ0v) is 17.4. The molecule has 156 valence electrons. The van der Waals surface area contributed by atoms with Crippen molar-refractivity contribution < 1.29 is 19.1 Å². The van der Waals surface area contributed by atoms with Crippen molar-refractivity contribution in [2.24, 2.45) is 0 Å². The summed E-state index contributed by atoms with van der Waals surface area (Å²) in [4.78, 5) is 24.0. The molecule has 0 bridgehead atoms. The molecule has 0 spiro atoms. The van der Waals surface area contributed by atoms with Gasteiger partial charge >= 0.3 is 12.1 Å². The van der Waals surface area contributed by atoms with Crippen LogP contribution in [0.2, 0.25) is 0 Å². The Hall–Kier alpha value is -1.70. The highest BCUT2D eigenvalue weighted by Crippen LogP contribution is 2.10. The first-order valence-electron chi connectivity index (χ1n) is 10.7. The monoisotopic (exact) mass is 381 g/mol. The van der Waals surface area contributed by atoms with Gasteiger partial charge in [0.2, 0.25) is 0 Å². The SMILES string of the molecule is C#CCOC(=O)NC(CCCCCC)C(=O)OCCCCCCCCCC. The van der Waals surface area contributed by atoms with Crippen molar-refractivity contribution in [3.8, 4) is 12.3 Å². The fourth-order valence-electron chi connectivity index (χ4n) is 2.82. The van der Waals surface area contributed by atoms with E-state index >= 15 is 0 Å². The Morgan fingerprint density at radius 1 is 0.852 bits per heavy atom. The normalized spacial score (nSPS) is 11.4. The summed E-state index contributed by atoms with van der Waals surface area (Å²) in [6.45, 7) is 4.64. The summed E-state index contributed by atoms with van der Waals surface area (Å²) in [6, 6.07) is -0.666. The van der Waals surface area contributed by atoms with E-state index in [2.05, 4.69) is 25.1 Å². The van der Waals surface area contributed by atoms with Crippen LogP contribution in [0.3, 0.4) is 0 Å². The minimum absolute atomic E-state index is 0.109. The van der Waals surface area contributed by atoms with Gasteiger partial charge in [-0.15, -0.1) is 6.42 Å². The molecule has 0 aromatic rings. The Kier molecular flexibility index (Phi) is 17.9. The van der Waals surface area contributed by atoms with Crippen molar-refractivity contribution >= 4 is 12.1 Å². The van der Waals surface area contributed by atoms with Crippen LogP contribution in [-0.2, 0) is 14.3 Å². The van der Waals surface area contributed by atoms with Gasteiger partial charge in [-0.25, -0.2) is 9.59 Å². The van der Waals surface area contributed by atoms with Gasteiger partial charge in [0.25, 0.3) is 0 Å². The first kappa shape index (κ1) is 25.3. The maximum atomic E-state index is 12.3. The van der Waals surface area contributed by atoms with E-state index in [0.29, 0.717) is 13.0 Å². The van der Waals surface area contributed by atoms with Gasteiger partial charge in [0.15, 0.2) is 6.61 Å². The molecule has 0 aliphatic heterocycles. The fraction of sp³-hybridized carbons (Fsp3) is 0.818. The van der Waals surface area contributed by atoms with Gasteiger partial charge in [-0.3, -0.25) is 0 Å². The summed E-state index contributed by atoms with van der Waals surface area (Å²) in [5.74, 6) is 1.85. The van der Waals surface area contributed by atoms with Crippen LogP contribution in [0.1, 0.15) is 97.3 Å². The second-order valence-electron chi connectivity index (χ2n) is 6.97. The van der Waals surface area contributed by atoms with Gasteiger partial charge in [0, 0.05) is 0 Å². The molecule has 1 unspecified atom stereocenters. The van der Waals surface area contributed by atoms with E-state index in [9.17, 15) is 9.59 Å². The highest BCUT2D eigenvalue weighted by molar-refractivity contribution is 5.81. The summed E-state index contributed by atoms with van der Waals surface area (Å²) in [6.07, 6.45) is 18.6. The molecule has 0 aromatic carbocycles. The third-order valence-electron chi connectivity index (χ3n) is 4.45. The molecule has 0 saturated carbocycles. The number of carbonyl (C=O) groups excluding carboxylic acids is 2. The molecule has 1 N–H and O–H groups in total. The van der Waals surface area contributed by atoms with Crippen LogP contribution >= 0.6 is 0 Å². The van der Waals surface area contributed by atoms with Crippen LogP contribution in [0.4, 0.5) is 4.79 Å². The van der Waals surface area contributed by atoms with Gasteiger partial charge in [-0.2, -0.15) is 0 Å². The predicted molar refractivity (Wildman–Crippen MR) is 109 cm³/mol. The number of ether oxygens (including phenoxy) is 2. The summed E-state index contributed by atoms with van der Waals surface area (Å²) in [5, 5.41) is 2.58. The van der Waals surface area contributed by atoms with Gasteiger partial charge in [-0.1, -0.05) is 90.4 Å².